The SMILES string of the molecule is COc1ccc(C(=O)OCc2c(Cl)cccc2Cl)cc1Br. The number of esters is 1. The summed E-state index contributed by atoms with van der Waals surface area (Å²) in [6.07, 6.45) is 0. The number of hydrogen-bond donors (Lipinski definition) is 0. The van der Waals surface area contributed by atoms with Gasteiger partial charge in [0.25, 0.3) is 0 Å². The summed E-state index contributed by atoms with van der Waals surface area (Å²) >= 11 is 15.4. The highest BCUT2D eigenvalue weighted by Gasteiger charge is 2.12. The van der Waals surface area contributed by atoms with E-state index in [1.807, 2.05) is 0 Å². The van der Waals surface area contributed by atoms with Crippen LogP contribution in [0.15, 0.2) is 40.9 Å². The van der Waals surface area contributed by atoms with Crippen molar-refractivity contribution in [2.75, 3.05) is 7.11 Å². The first-order valence-electron chi connectivity index (χ1n) is 5.96. The lowest BCUT2D eigenvalue weighted by atomic mass is 10.2. The molecule has 0 spiro atoms. The molecule has 2 aromatic carbocycles. The molecule has 0 aliphatic carbocycles. The van der Waals surface area contributed by atoms with Crippen LogP contribution >= 0.6 is 39.1 Å². The molecule has 0 fully saturated rings. The topological polar surface area (TPSA) is 35.5 Å². The number of carbonyl (C=O) groups excluding carboxylic acids is 1. The lowest BCUT2D eigenvalue weighted by Gasteiger charge is -2.09. The molecule has 0 aliphatic heterocycles. The van der Waals surface area contributed by atoms with E-state index >= 15 is 0 Å². The monoisotopic (exact) mass is 388 g/mol. The molecule has 3 nitrogen and oxygen atoms in total. The minimum Gasteiger partial charge on any atom is -0.496 e. The van der Waals surface area contributed by atoms with E-state index in [1.54, 1.807) is 43.5 Å². The van der Waals surface area contributed by atoms with Crippen molar-refractivity contribution in [3.05, 3.63) is 62.0 Å². The van der Waals surface area contributed by atoms with Gasteiger partial charge in [0.2, 0.25) is 0 Å². The molecule has 0 atom stereocenters. The second-order valence-electron chi connectivity index (χ2n) is 4.13. The zero-order valence-corrected chi connectivity index (χ0v) is 14.1. The Morgan fingerprint density at radius 2 is 1.86 bits per heavy atom. The Balaban J connectivity index is 2.10. The van der Waals surface area contributed by atoms with E-state index in [2.05, 4.69) is 15.9 Å². The van der Waals surface area contributed by atoms with Crippen molar-refractivity contribution in [3.63, 3.8) is 0 Å². The van der Waals surface area contributed by atoms with Crippen LogP contribution in [0.25, 0.3) is 0 Å². The molecule has 6 heteroatoms. The molecular weight excluding hydrogens is 379 g/mol. The molecule has 2 rings (SSSR count). The summed E-state index contributed by atoms with van der Waals surface area (Å²) in [7, 11) is 1.55. The van der Waals surface area contributed by atoms with Crippen LogP contribution in [0.3, 0.4) is 0 Å². The largest absolute Gasteiger partial charge is 0.496 e. The summed E-state index contributed by atoms with van der Waals surface area (Å²) < 4.78 is 11.0. The molecule has 0 amide bonds. The fourth-order valence-electron chi connectivity index (χ4n) is 1.68. The fourth-order valence-corrected chi connectivity index (χ4v) is 2.73. The molecule has 0 aromatic heterocycles. The maximum atomic E-state index is 12.0. The number of halogens is 3. The Hall–Kier alpha value is -1.23. The quantitative estimate of drug-likeness (QED) is 0.680. The summed E-state index contributed by atoms with van der Waals surface area (Å²) in [6.45, 7) is 0.0149. The molecule has 0 unspecified atom stereocenters. The smallest absolute Gasteiger partial charge is 0.338 e. The third-order valence-corrected chi connectivity index (χ3v) is 4.12. The molecule has 2 aromatic rings. The van der Waals surface area contributed by atoms with Crippen LogP contribution < -0.4 is 4.74 Å². The maximum absolute atomic E-state index is 12.0. The van der Waals surface area contributed by atoms with Crippen molar-refractivity contribution in [2.24, 2.45) is 0 Å². The van der Waals surface area contributed by atoms with Crippen molar-refractivity contribution >= 4 is 45.1 Å². The van der Waals surface area contributed by atoms with Crippen LogP contribution in [0, 0.1) is 0 Å². The van der Waals surface area contributed by atoms with Gasteiger partial charge in [-0.2, -0.15) is 0 Å². The summed E-state index contributed by atoms with van der Waals surface area (Å²) in [5.74, 6) is 0.176. The Bertz CT molecular complexity index is 654. The molecular formula is C15H11BrCl2O3. The summed E-state index contributed by atoms with van der Waals surface area (Å²) in [5.41, 5.74) is 0.993. The van der Waals surface area contributed by atoms with Gasteiger partial charge < -0.3 is 9.47 Å². The molecule has 110 valence electrons. The van der Waals surface area contributed by atoms with Crippen LogP contribution in [-0.4, -0.2) is 13.1 Å². The first-order chi connectivity index (χ1) is 10.0. The highest BCUT2D eigenvalue weighted by atomic mass is 79.9. The molecule has 0 heterocycles. The van der Waals surface area contributed by atoms with Crippen molar-refractivity contribution in [2.45, 2.75) is 6.61 Å². The van der Waals surface area contributed by atoms with Gasteiger partial charge in [-0.3, -0.25) is 0 Å². The Morgan fingerprint density at radius 3 is 2.43 bits per heavy atom. The zero-order valence-electron chi connectivity index (χ0n) is 11.0. The number of benzene rings is 2. The van der Waals surface area contributed by atoms with E-state index in [0.717, 1.165) is 0 Å². The Kier molecular flexibility index (Phi) is 5.51. The van der Waals surface area contributed by atoms with Crippen LogP contribution in [0.5, 0.6) is 5.75 Å². The molecule has 0 bridgehead atoms. The van der Waals surface area contributed by atoms with Crippen LogP contribution in [0.1, 0.15) is 15.9 Å². The van der Waals surface area contributed by atoms with Gasteiger partial charge in [-0.1, -0.05) is 29.3 Å². The van der Waals surface area contributed by atoms with Crippen molar-refractivity contribution in [3.8, 4) is 5.75 Å². The predicted molar refractivity (Wildman–Crippen MR) is 86.3 cm³/mol. The lowest BCUT2D eigenvalue weighted by Crippen LogP contribution is -2.06. The van der Waals surface area contributed by atoms with E-state index in [1.165, 1.54) is 0 Å². The van der Waals surface area contributed by atoms with E-state index in [9.17, 15) is 4.79 Å². The van der Waals surface area contributed by atoms with Gasteiger partial charge in [-0.15, -0.1) is 0 Å². The van der Waals surface area contributed by atoms with Crippen molar-refractivity contribution in [1.29, 1.82) is 0 Å². The minimum absolute atomic E-state index is 0.0149. The van der Waals surface area contributed by atoms with Gasteiger partial charge in [-0.25, -0.2) is 4.79 Å². The third kappa shape index (κ3) is 3.90. The summed E-state index contributed by atoms with van der Waals surface area (Å²) in [5, 5.41) is 0.928. The number of hydrogen-bond acceptors (Lipinski definition) is 3. The molecule has 0 N–H and O–H groups in total. The van der Waals surface area contributed by atoms with Crippen molar-refractivity contribution in [1.82, 2.24) is 0 Å². The van der Waals surface area contributed by atoms with Gasteiger partial charge in [0.05, 0.1) is 17.1 Å². The second-order valence-corrected chi connectivity index (χ2v) is 5.79. The van der Waals surface area contributed by atoms with Crippen molar-refractivity contribution < 1.29 is 14.3 Å². The number of methoxy groups -OCH3 is 1. The zero-order chi connectivity index (χ0) is 15.4. The Morgan fingerprint density at radius 1 is 1.19 bits per heavy atom. The van der Waals surface area contributed by atoms with E-state index in [-0.39, 0.29) is 6.61 Å². The predicted octanol–water partition coefficient (Wildman–Crippen LogP) is 5.12. The van der Waals surface area contributed by atoms with Gasteiger partial charge in [0.1, 0.15) is 12.4 Å². The fraction of sp³-hybridized carbons (Fsp3) is 0.133. The number of carbonyl (C=O) groups is 1. The maximum Gasteiger partial charge on any atom is 0.338 e. The first kappa shape index (κ1) is 16.1. The molecule has 0 aliphatic rings. The number of ether oxygens (including phenoxy) is 2. The highest BCUT2D eigenvalue weighted by molar-refractivity contribution is 9.10. The normalized spacial score (nSPS) is 10.3. The first-order valence-corrected chi connectivity index (χ1v) is 7.51. The molecule has 0 saturated heterocycles. The highest BCUT2D eigenvalue weighted by Crippen LogP contribution is 2.27. The standard InChI is InChI=1S/C15H11BrCl2O3/c1-20-14-6-5-9(7-11(14)16)15(19)21-8-10-12(17)3-2-4-13(10)18/h2-7H,8H2,1H3. The molecule has 0 radical (unpaired) electrons. The van der Waals surface area contributed by atoms with Crippen LogP contribution in [0.2, 0.25) is 10.0 Å². The Labute approximate surface area is 140 Å². The number of rotatable bonds is 4. The third-order valence-electron chi connectivity index (χ3n) is 2.80. The van der Waals surface area contributed by atoms with Gasteiger partial charge in [0.15, 0.2) is 0 Å². The summed E-state index contributed by atoms with van der Waals surface area (Å²) in [6, 6.07) is 10.1. The van der Waals surface area contributed by atoms with E-state index in [4.69, 9.17) is 32.7 Å². The van der Waals surface area contributed by atoms with Crippen LogP contribution in [-0.2, 0) is 11.3 Å². The van der Waals surface area contributed by atoms with E-state index in [0.29, 0.717) is 31.4 Å². The molecule has 21 heavy (non-hydrogen) atoms. The lowest BCUT2D eigenvalue weighted by molar-refractivity contribution is 0.0473. The minimum atomic E-state index is -0.464. The van der Waals surface area contributed by atoms with Gasteiger partial charge in [0, 0.05) is 15.6 Å². The van der Waals surface area contributed by atoms with Gasteiger partial charge in [-0.05, 0) is 46.3 Å². The second kappa shape index (κ2) is 7.16. The van der Waals surface area contributed by atoms with Crippen LogP contribution in [0.4, 0.5) is 0 Å². The summed E-state index contributed by atoms with van der Waals surface area (Å²) in [4.78, 5) is 12.0. The average Bonchev–Trinajstić information content (AvgIpc) is 2.46. The van der Waals surface area contributed by atoms with E-state index < -0.39 is 5.97 Å². The van der Waals surface area contributed by atoms with Gasteiger partial charge >= 0.3 is 5.97 Å². The molecule has 0 saturated carbocycles. The average molecular weight is 390 g/mol.